The SMILES string of the molecule is Cc1cccnc1-c1cc2cccnc2c(-c2cccc(-c3ccccc3)c2S(N)(=O)=O)n1. The largest absolute Gasteiger partial charge is 0.254 e. The van der Waals surface area contributed by atoms with Crippen molar-refractivity contribution in [2.75, 3.05) is 0 Å². The molecule has 162 valence electrons. The van der Waals surface area contributed by atoms with Gasteiger partial charge in [0.25, 0.3) is 0 Å². The first-order chi connectivity index (χ1) is 15.9. The first kappa shape index (κ1) is 20.9. The van der Waals surface area contributed by atoms with Gasteiger partial charge in [-0.05, 0) is 36.2 Å². The molecule has 0 saturated carbocycles. The maximum Gasteiger partial charge on any atom is 0.239 e. The number of aryl methyl sites for hydroxylation is 1. The highest BCUT2D eigenvalue weighted by Gasteiger charge is 2.24. The number of aromatic nitrogens is 3. The van der Waals surface area contributed by atoms with E-state index in [-0.39, 0.29) is 4.90 Å². The molecule has 0 aliphatic rings. The van der Waals surface area contributed by atoms with Gasteiger partial charge < -0.3 is 0 Å². The number of primary sulfonamides is 1. The normalized spacial score (nSPS) is 11.6. The lowest BCUT2D eigenvalue weighted by Gasteiger charge is -2.15. The molecule has 0 bridgehead atoms. The van der Waals surface area contributed by atoms with Crippen LogP contribution in [0.15, 0.2) is 96.2 Å². The van der Waals surface area contributed by atoms with Gasteiger partial charge in [0.1, 0.15) is 0 Å². The number of hydrogen-bond acceptors (Lipinski definition) is 5. The second kappa shape index (κ2) is 8.20. The van der Waals surface area contributed by atoms with Crippen LogP contribution in [0.5, 0.6) is 0 Å². The molecule has 0 aliphatic carbocycles. The molecular formula is C26H20N4O2S. The molecule has 5 rings (SSSR count). The first-order valence-electron chi connectivity index (χ1n) is 10.3. The molecule has 3 aromatic heterocycles. The van der Waals surface area contributed by atoms with Gasteiger partial charge in [0, 0.05) is 28.9 Å². The van der Waals surface area contributed by atoms with Crippen molar-refractivity contribution in [3.05, 3.63) is 96.8 Å². The maximum absolute atomic E-state index is 12.9. The van der Waals surface area contributed by atoms with Crippen LogP contribution < -0.4 is 5.14 Å². The Labute approximate surface area is 191 Å². The molecule has 2 aromatic carbocycles. The Morgan fingerprint density at radius 2 is 1.48 bits per heavy atom. The van der Waals surface area contributed by atoms with E-state index in [1.807, 2.05) is 73.7 Å². The highest BCUT2D eigenvalue weighted by molar-refractivity contribution is 7.89. The smallest absolute Gasteiger partial charge is 0.239 e. The molecule has 0 aliphatic heterocycles. The predicted octanol–water partition coefficient (Wildman–Crippen LogP) is 4.98. The summed E-state index contributed by atoms with van der Waals surface area (Å²) in [5.41, 5.74) is 5.01. The van der Waals surface area contributed by atoms with Crippen molar-refractivity contribution in [2.45, 2.75) is 11.8 Å². The Morgan fingerprint density at radius 3 is 2.24 bits per heavy atom. The number of hydrogen-bond donors (Lipinski definition) is 1. The van der Waals surface area contributed by atoms with Crippen LogP contribution in [0, 0.1) is 6.92 Å². The van der Waals surface area contributed by atoms with Crippen molar-refractivity contribution in [2.24, 2.45) is 5.14 Å². The second-order valence-corrected chi connectivity index (χ2v) is 9.19. The van der Waals surface area contributed by atoms with Gasteiger partial charge in [-0.2, -0.15) is 0 Å². The van der Waals surface area contributed by atoms with Crippen LogP contribution in [0.4, 0.5) is 0 Å². The Bertz CT molecular complexity index is 1600. The van der Waals surface area contributed by atoms with Crippen molar-refractivity contribution in [1.82, 2.24) is 15.0 Å². The molecule has 33 heavy (non-hydrogen) atoms. The summed E-state index contributed by atoms with van der Waals surface area (Å²) < 4.78 is 25.8. The number of benzene rings is 2. The number of nitrogens with two attached hydrogens (primary N) is 1. The van der Waals surface area contributed by atoms with E-state index < -0.39 is 10.0 Å². The zero-order valence-electron chi connectivity index (χ0n) is 17.8. The lowest BCUT2D eigenvalue weighted by Crippen LogP contribution is -2.15. The molecule has 2 N–H and O–H groups in total. The Morgan fingerprint density at radius 1 is 0.758 bits per heavy atom. The molecule has 3 heterocycles. The predicted molar refractivity (Wildman–Crippen MR) is 130 cm³/mol. The summed E-state index contributed by atoms with van der Waals surface area (Å²) in [5.74, 6) is 0. The molecule has 5 aromatic rings. The maximum atomic E-state index is 12.9. The number of nitrogens with zero attached hydrogens (tertiary/aromatic N) is 3. The standard InChI is InChI=1S/C26H20N4O2S/c1-17-8-6-14-28-23(17)22-16-19-11-7-15-29-24(19)25(30-22)21-13-5-12-20(26(21)33(27,31)32)18-9-3-2-4-10-18/h2-16H,1H3,(H2,27,31,32). The third kappa shape index (κ3) is 3.88. The average Bonchev–Trinajstić information content (AvgIpc) is 2.83. The van der Waals surface area contributed by atoms with Crippen molar-refractivity contribution in [3.8, 4) is 33.8 Å². The Balaban J connectivity index is 1.88. The molecule has 0 amide bonds. The van der Waals surface area contributed by atoms with Gasteiger partial charge in [0.05, 0.1) is 27.5 Å². The molecule has 0 fully saturated rings. The van der Waals surface area contributed by atoms with Crippen LogP contribution in [-0.2, 0) is 10.0 Å². The zero-order valence-corrected chi connectivity index (χ0v) is 18.6. The van der Waals surface area contributed by atoms with Gasteiger partial charge in [-0.3, -0.25) is 9.97 Å². The number of fused-ring (bicyclic) bond motifs is 1. The summed E-state index contributed by atoms with van der Waals surface area (Å²) in [6.07, 6.45) is 3.37. The summed E-state index contributed by atoms with van der Waals surface area (Å²) >= 11 is 0. The molecule has 6 nitrogen and oxygen atoms in total. The zero-order chi connectivity index (χ0) is 23.0. The minimum absolute atomic E-state index is 0.0190. The van der Waals surface area contributed by atoms with Gasteiger partial charge in [0.15, 0.2) is 0 Å². The van der Waals surface area contributed by atoms with Crippen LogP contribution in [-0.4, -0.2) is 23.4 Å². The summed E-state index contributed by atoms with van der Waals surface area (Å²) in [5, 5.41) is 6.59. The van der Waals surface area contributed by atoms with Crippen molar-refractivity contribution < 1.29 is 8.42 Å². The van der Waals surface area contributed by atoms with Crippen LogP contribution in [0.3, 0.4) is 0 Å². The quantitative estimate of drug-likeness (QED) is 0.415. The first-order valence-corrected chi connectivity index (χ1v) is 11.9. The third-order valence-corrected chi connectivity index (χ3v) is 6.49. The highest BCUT2D eigenvalue weighted by Crippen LogP contribution is 2.38. The molecule has 0 spiro atoms. The monoisotopic (exact) mass is 452 g/mol. The number of rotatable bonds is 4. The lowest BCUT2D eigenvalue weighted by atomic mass is 9.99. The summed E-state index contributed by atoms with van der Waals surface area (Å²) in [6.45, 7) is 1.96. The second-order valence-electron chi connectivity index (χ2n) is 7.69. The van der Waals surface area contributed by atoms with E-state index in [0.29, 0.717) is 28.0 Å². The van der Waals surface area contributed by atoms with Gasteiger partial charge in [-0.1, -0.05) is 60.7 Å². The molecule has 0 radical (unpaired) electrons. The van der Waals surface area contributed by atoms with E-state index in [9.17, 15) is 8.42 Å². The van der Waals surface area contributed by atoms with E-state index in [4.69, 9.17) is 10.1 Å². The molecular weight excluding hydrogens is 432 g/mol. The van der Waals surface area contributed by atoms with Gasteiger partial charge in [-0.15, -0.1) is 0 Å². The van der Waals surface area contributed by atoms with Crippen molar-refractivity contribution in [1.29, 1.82) is 0 Å². The van der Waals surface area contributed by atoms with Gasteiger partial charge >= 0.3 is 0 Å². The molecule has 0 saturated heterocycles. The molecule has 7 heteroatoms. The fraction of sp³-hybridized carbons (Fsp3) is 0.0385. The van der Waals surface area contributed by atoms with Crippen LogP contribution in [0.1, 0.15) is 5.56 Å². The van der Waals surface area contributed by atoms with E-state index in [2.05, 4.69) is 9.97 Å². The summed E-state index contributed by atoms with van der Waals surface area (Å²) in [7, 11) is -4.10. The van der Waals surface area contributed by atoms with Crippen LogP contribution >= 0.6 is 0 Å². The number of pyridine rings is 3. The highest BCUT2D eigenvalue weighted by atomic mass is 32.2. The Hall–Kier alpha value is -3.94. The van der Waals surface area contributed by atoms with E-state index in [1.165, 1.54) is 0 Å². The molecule has 0 unspecified atom stereocenters. The van der Waals surface area contributed by atoms with Gasteiger partial charge in [-0.25, -0.2) is 18.5 Å². The topological polar surface area (TPSA) is 98.8 Å². The fourth-order valence-corrected chi connectivity index (χ4v) is 4.99. The van der Waals surface area contributed by atoms with E-state index >= 15 is 0 Å². The number of sulfonamides is 1. The molecule has 0 atom stereocenters. The van der Waals surface area contributed by atoms with Crippen molar-refractivity contribution in [3.63, 3.8) is 0 Å². The van der Waals surface area contributed by atoms with Crippen molar-refractivity contribution >= 4 is 20.9 Å². The van der Waals surface area contributed by atoms with E-state index in [1.54, 1.807) is 24.5 Å². The Kier molecular flexibility index (Phi) is 5.20. The fourth-order valence-electron chi connectivity index (χ4n) is 4.02. The van der Waals surface area contributed by atoms with E-state index in [0.717, 1.165) is 22.2 Å². The van der Waals surface area contributed by atoms with Crippen LogP contribution in [0.25, 0.3) is 44.7 Å². The minimum Gasteiger partial charge on any atom is -0.254 e. The van der Waals surface area contributed by atoms with Gasteiger partial charge in [0.2, 0.25) is 10.0 Å². The minimum atomic E-state index is -4.10. The summed E-state index contributed by atoms with van der Waals surface area (Å²) in [4.78, 5) is 13.9. The van der Waals surface area contributed by atoms with Crippen LogP contribution in [0.2, 0.25) is 0 Å². The third-order valence-electron chi connectivity index (χ3n) is 5.48. The average molecular weight is 453 g/mol. The lowest BCUT2D eigenvalue weighted by molar-refractivity contribution is 0.598. The summed E-state index contributed by atoms with van der Waals surface area (Å²) in [6, 6.07) is 24.1.